The molecule has 1 aromatic rings. The largest absolute Gasteiger partial charge is 0.333 e. The first-order valence-corrected chi connectivity index (χ1v) is 6.86. The molecule has 3 heterocycles. The molecule has 94 valence electrons. The van der Waals surface area contributed by atoms with Crippen LogP contribution in [0.2, 0.25) is 0 Å². The van der Waals surface area contributed by atoms with Crippen LogP contribution in [0.25, 0.3) is 0 Å². The van der Waals surface area contributed by atoms with Gasteiger partial charge in [-0.25, -0.2) is 4.98 Å². The third-order valence-electron chi connectivity index (χ3n) is 4.08. The van der Waals surface area contributed by atoms with Crippen molar-refractivity contribution in [2.75, 3.05) is 32.7 Å². The number of nitrogens with one attached hydrogen (secondary N) is 1. The summed E-state index contributed by atoms with van der Waals surface area (Å²) in [7, 11) is 0. The van der Waals surface area contributed by atoms with E-state index in [4.69, 9.17) is 0 Å². The van der Waals surface area contributed by atoms with Crippen LogP contribution >= 0.6 is 0 Å². The van der Waals surface area contributed by atoms with Gasteiger partial charge in [0.15, 0.2) is 0 Å². The molecule has 1 unspecified atom stereocenters. The zero-order valence-corrected chi connectivity index (χ0v) is 10.4. The van der Waals surface area contributed by atoms with Crippen molar-refractivity contribution in [2.24, 2.45) is 0 Å². The van der Waals surface area contributed by atoms with E-state index in [1.54, 1.807) is 0 Å². The highest BCUT2D eigenvalue weighted by molar-refractivity contribution is 5.09. The number of imidazole rings is 1. The van der Waals surface area contributed by atoms with Crippen molar-refractivity contribution in [1.82, 2.24) is 19.8 Å². The SMILES string of the molecule is c1ncn(CCN2CCCC2)c1C1CCNC1. The molecule has 1 aromatic heterocycles. The van der Waals surface area contributed by atoms with Gasteiger partial charge in [0, 0.05) is 37.4 Å². The van der Waals surface area contributed by atoms with Crippen LogP contribution < -0.4 is 5.32 Å². The van der Waals surface area contributed by atoms with E-state index in [1.165, 1.54) is 44.6 Å². The average Bonchev–Trinajstić information content (AvgIpc) is 3.09. The number of rotatable bonds is 4. The summed E-state index contributed by atoms with van der Waals surface area (Å²) in [4.78, 5) is 6.89. The molecule has 0 radical (unpaired) electrons. The third kappa shape index (κ3) is 2.53. The van der Waals surface area contributed by atoms with Gasteiger partial charge in [-0.2, -0.15) is 0 Å². The van der Waals surface area contributed by atoms with Crippen LogP contribution in [-0.2, 0) is 6.54 Å². The lowest BCUT2D eigenvalue weighted by Gasteiger charge is -2.17. The second kappa shape index (κ2) is 5.19. The molecule has 3 rings (SSSR count). The van der Waals surface area contributed by atoms with Gasteiger partial charge in [-0.3, -0.25) is 0 Å². The van der Waals surface area contributed by atoms with Gasteiger partial charge in [0.1, 0.15) is 0 Å². The van der Waals surface area contributed by atoms with Gasteiger partial charge in [0.25, 0.3) is 0 Å². The summed E-state index contributed by atoms with van der Waals surface area (Å²) in [5, 5.41) is 3.43. The molecule has 2 aliphatic rings. The highest BCUT2D eigenvalue weighted by atomic mass is 15.2. The topological polar surface area (TPSA) is 33.1 Å². The third-order valence-corrected chi connectivity index (χ3v) is 4.08. The maximum absolute atomic E-state index is 4.33. The Kier molecular flexibility index (Phi) is 3.43. The Labute approximate surface area is 103 Å². The summed E-state index contributed by atoms with van der Waals surface area (Å²) >= 11 is 0. The maximum atomic E-state index is 4.33. The van der Waals surface area contributed by atoms with E-state index in [9.17, 15) is 0 Å². The van der Waals surface area contributed by atoms with E-state index < -0.39 is 0 Å². The van der Waals surface area contributed by atoms with Gasteiger partial charge in [-0.1, -0.05) is 0 Å². The molecule has 2 saturated heterocycles. The lowest BCUT2D eigenvalue weighted by molar-refractivity contribution is 0.320. The van der Waals surface area contributed by atoms with Crippen LogP contribution in [0, 0.1) is 0 Å². The van der Waals surface area contributed by atoms with Gasteiger partial charge in [0.05, 0.1) is 6.33 Å². The minimum absolute atomic E-state index is 0.677. The number of nitrogens with zero attached hydrogens (tertiary/aromatic N) is 3. The van der Waals surface area contributed by atoms with Crippen molar-refractivity contribution in [2.45, 2.75) is 31.7 Å². The van der Waals surface area contributed by atoms with Gasteiger partial charge in [0.2, 0.25) is 0 Å². The number of likely N-dealkylation sites (tertiary alicyclic amines) is 1. The summed E-state index contributed by atoms with van der Waals surface area (Å²) in [6.07, 6.45) is 8.08. The van der Waals surface area contributed by atoms with E-state index in [0.29, 0.717) is 5.92 Å². The fourth-order valence-electron chi connectivity index (χ4n) is 3.02. The Morgan fingerprint density at radius 3 is 2.94 bits per heavy atom. The Hall–Kier alpha value is -0.870. The second-order valence-electron chi connectivity index (χ2n) is 5.25. The standard InChI is InChI=1S/C13H22N4/c1-2-6-16(5-1)7-8-17-11-15-10-13(17)12-3-4-14-9-12/h10-12,14H,1-9H2. The number of hydrogen-bond acceptors (Lipinski definition) is 3. The van der Waals surface area contributed by atoms with Crippen molar-refractivity contribution in [3.8, 4) is 0 Å². The van der Waals surface area contributed by atoms with E-state index in [-0.39, 0.29) is 0 Å². The average molecular weight is 234 g/mol. The number of hydrogen-bond donors (Lipinski definition) is 1. The van der Waals surface area contributed by atoms with Gasteiger partial charge in [-0.15, -0.1) is 0 Å². The van der Waals surface area contributed by atoms with Gasteiger partial charge in [-0.05, 0) is 38.9 Å². The summed E-state index contributed by atoms with van der Waals surface area (Å²) in [6, 6.07) is 0. The summed E-state index contributed by atoms with van der Waals surface area (Å²) in [5.74, 6) is 0.677. The molecule has 0 aromatic carbocycles. The Bertz CT molecular complexity index is 348. The van der Waals surface area contributed by atoms with Crippen LogP contribution in [0.3, 0.4) is 0 Å². The summed E-state index contributed by atoms with van der Waals surface area (Å²) < 4.78 is 2.36. The van der Waals surface area contributed by atoms with Crippen molar-refractivity contribution >= 4 is 0 Å². The minimum atomic E-state index is 0.677. The monoisotopic (exact) mass is 234 g/mol. The molecule has 4 heteroatoms. The maximum Gasteiger partial charge on any atom is 0.0948 e. The fourth-order valence-corrected chi connectivity index (χ4v) is 3.02. The molecular weight excluding hydrogens is 212 g/mol. The van der Waals surface area contributed by atoms with Crippen LogP contribution in [0.15, 0.2) is 12.5 Å². The highest BCUT2D eigenvalue weighted by Crippen LogP contribution is 2.21. The molecular formula is C13H22N4. The fraction of sp³-hybridized carbons (Fsp3) is 0.769. The normalized spacial score (nSPS) is 25.8. The van der Waals surface area contributed by atoms with Crippen molar-refractivity contribution in [3.05, 3.63) is 18.2 Å². The summed E-state index contributed by atoms with van der Waals surface area (Å²) in [5.41, 5.74) is 1.43. The molecule has 0 spiro atoms. The zero-order chi connectivity index (χ0) is 11.5. The molecule has 1 atom stereocenters. The molecule has 17 heavy (non-hydrogen) atoms. The molecule has 2 aliphatic heterocycles. The summed E-state index contributed by atoms with van der Waals surface area (Å²) in [6.45, 7) is 7.14. The Balaban J connectivity index is 1.60. The second-order valence-corrected chi connectivity index (χ2v) is 5.25. The first-order chi connectivity index (χ1) is 8.43. The predicted octanol–water partition coefficient (Wildman–Crippen LogP) is 1.06. The van der Waals surface area contributed by atoms with Crippen molar-refractivity contribution in [1.29, 1.82) is 0 Å². The van der Waals surface area contributed by atoms with E-state index >= 15 is 0 Å². The molecule has 1 N–H and O–H groups in total. The highest BCUT2D eigenvalue weighted by Gasteiger charge is 2.20. The molecule has 0 saturated carbocycles. The molecule has 4 nitrogen and oxygen atoms in total. The molecule has 0 amide bonds. The molecule has 0 bridgehead atoms. The first-order valence-electron chi connectivity index (χ1n) is 6.86. The van der Waals surface area contributed by atoms with Crippen LogP contribution in [-0.4, -0.2) is 47.2 Å². The predicted molar refractivity (Wildman–Crippen MR) is 68.1 cm³/mol. The van der Waals surface area contributed by atoms with Crippen molar-refractivity contribution < 1.29 is 0 Å². The van der Waals surface area contributed by atoms with Crippen LogP contribution in [0.1, 0.15) is 30.9 Å². The zero-order valence-electron chi connectivity index (χ0n) is 10.4. The molecule has 2 fully saturated rings. The van der Waals surface area contributed by atoms with Gasteiger partial charge < -0.3 is 14.8 Å². The Morgan fingerprint density at radius 2 is 2.18 bits per heavy atom. The first kappa shape index (κ1) is 11.2. The van der Waals surface area contributed by atoms with Crippen molar-refractivity contribution in [3.63, 3.8) is 0 Å². The van der Waals surface area contributed by atoms with Gasteiger partial charge >= 0.3 is 0 Å². The lowest BCUT2D eigenvalue weighted by Crippen LogP contribution is -2.25. The number of aromatic nitrogens is 2. The van der Waals surface area contributed by atoms with E-state index in [0.717, 1.165) is 19.6 Å². The van der Waals surface area contributed by atoms with E-state index in [2.05, 4.69) is 26.0 Å². The quantitative estimate of drug-likeness (QED) is 0.845. The van der Waals surface area contributed by atoms with Crippen LogP contribution in [0.5, 0.6) is 0 Å². The van der Waals surface area contributed by atoms with E-state index in [1.807, 2.05) is 6.33 Å². The van der Waals surface area contributed by atoms with Crippen LogP contribution in [0.4, 0.5) is 0 Å². The Morgan fingerprint density at radius 1 is 1.29 bits per heavy atom. The lowest BCUT2D eigenvalue weighted by atomic mass is 10.1. The minimum Gasteiger partial charge on any atom is -0.333 e. The smallest absolute Gasteiger partial charge is 0.0948 e. The molecule has 0 aliphatic carbocycles.